The summed E-state index contributed by atoms with van der Waals surface area (Å²) in [4.78, 5) is 12.9. The van der Waals surface area contributed by atoms with Gasteiger partial charge in [-0.15, -0.1) is 0 Å². The minimum Gasteiger partial charge on any atom is -0.481 e. The summed E-state index contributed by atoms with van der Waals surface area (Å²) in [5.41, 5.74) is 0. The Morgan fingerprint density at radius 1 is 0.636 bits per heavy atom. The van der Waals surface area contributed by atoms with Crippen molar-refractivity contribution >= 4 is 5.97 Å². The Kier molecular flexibility index (Phi) is 25.1. The maximum Gasteiger partial charge on any atom is 0.303 e. The summed E-state index contributed by atoms with van der Waals surface area (Å²) in [5.74, 6) is -0.662. The highest BCUT2D eigenvalue weighted by Gasteiger charge is 2.10. The van der Waals surface area contributed by atoms with Gasteiger partial charge in [-0.05, 0) is 59.0 Å². The fourth-order valence-corrected chi connectivity index (χ4v) is 4.65. The second kappa shape index (κ2) is 25.8. The van der Waals surface area contributed by atoms with E-state index in [9.17, 15) is 4.79 Å². The number of rotatable bonds is 26. The SMILES string of the molecule is CCCCCCCC(CCCCCCCCCCC=CCCCCCCCC(=O)O)N(C)C. The molecule has 0 aromatic heterocycles. The van der Waals surface area contributed by atoms with Crippen molar-refractivity contribution in [1.29, 1.82) is 0 Å². The fraction of sp³-hybridized carbons (Fsp3) is 0.900. The number of carbonyl (C=O) groups is 1. The first kappa shape index (κ1) is 32.2. The Morgan fingerprint density at radius 3 is 1.45 bits per heavy atom. The lowest BCUT2D eigenvalue weighted by atomic mass is 9.99. The number of carboxylic acid groups (broad SMARTS) is 1. The average Bonchev–Trinajstić information content (AvgIpc) is 2.78. The molecule has 1 atom stereocenters. The van der Waals surface area contributed by atoms with E-state index in [2.05, 4.69) is 38.1 Å². The Hall–Kier alpha value is -0.830. The van der Waals surface area contributed by atoms with Crippen LogP contribution in [0.2, 0.25) is 0 Å². The molecule has 1 N–H and O–H groups in total. The number of aliphatic carboxylic acids is 1. The molecule has 0 saturated heterocycles. The summed E-state index contributed by atoms with van der Waals surface area (Å²) in [5, 5.41) is 8.61. The molecule has 0 aromatic rings. The van der Waals surface area contributed by atoms with E-state index in [0.717, 1.165) is 18.9 Å². The molecule has 0 rings (SSSR count). The van der Waals surface area contributed by atoms with Crippen LogP contribution in [0.25, 0.3) is 0 Å². The van der Waals surface area contributed by atoms with Gasteiger partial charge in [0.15, 0.2) is 0 Å². The van der Waals surface area contributed by atoms with E-state index < -0.39 is 5.97 Å². The normalized spacial score (nSPS) is 12.7. The Labute approximate surface area is 207 Å². The van der Waals surface area contributed by atoms with Crippen molar-refractivity contribution in [2.45, 2.75) is 161 Å². The first-order valence-corrected chi connectivity index (χ1v) is 14.6. The molecule has 0 aliphatic rings. The van der Waals surface area contributed by atoms with Crippen molar-refractivity contribution in [3.8, 4) is 0 Å². The highest BCUT2D eigenvalue weighted by atomic mass is 16.4. The summed E-state index contributed by atoms with van der Waals surface area (Å²) in [7, 11) is 4.53. The van der Waals surface area contributed by atoms with Gasteiger partial charge in [-0.3, -0.25) is 4.79 Å². The molecule has 0 heterocycles. The quantitative estimate of drug-likeness (QED) is 0.102. The number of allylic oxidation sites excluding steroid dienone is 2. The molecule has 0 spiro atoms. The van der Waals surface area contributed by atoms with Gasteiger partial charge < -0.3 is 10.0 Å². The number of nitrogens with zero attached hydrogens (tertiary/aromatic N) is 1. The maximum absolute atomic E-state index is 10.4. The van der Waals surface area contributed by atoms with Crippen molar-refractivity contribution in [2.24, 2.45) is 0 Å². The zero-order valence-electron chi connectivity index (χ0n) is 22.8. The number of unbranched alkanes of at least 4 members (excludes halogenated alkanes) is 17. The molecule has 0 radical (unpaired) electrons. The third-order valence-electron chi connectivity index (χ3n) is 6.96. The van der Waals surface area contributed by atoms with Crippen LogP contribution in [0, 0.1) is 0 Å². The molecule has 33 heavy (non-hydrogen) atoms. The Balaban J connectivity index is 3.36. The van der Waals surface area contributed by atoms with Gasteiger partial charge in [0.25, 0.3) is 0 Å². The smallest absolute Gasteiger partial charge is 0.303 e. The molecule has 196 valence electrons. The topological polar surface area (TPSA) is 40.5 Å². The predicted molar refractivity (Wildman–Crippen MR) is 146 cm³/mol. The molecule has 0 fully saturated rings. The molecule has 3 heteroatoms. The first-order chi connectivity index (χ1) is 16.1. The van der Waals surface area contributed by atoms with Gasteiger partial charge in [0.2, 0.25) is 0 Å². The van der Waals surface area contributed by atoms with Crippen LogP contribution in [0.5, 0.6) is 0 Å². The van der Waals surface area contributed by atoms with Crippen LogP contribution in [-0.2, 0) is 4.79 Å². The van der Waals surface area contributed by atoms with Crippen LogP contribution in [0.3, 0.4) is 0 Å². The molecular weight excluding hydrogens is 406 g/mol. The number of carboxylic acids is 1. The molecule has 3 nitrogen and oxygen atoms in total. The summed E-state index contributed by atoms with van der Waals surface area (Å²) >= 11 is 0. The zero-order valence-corrected chi connectivity index (χ0v) is 22.8. The van der Waals surface area contributed by atoms with E-state index in [1.54, 1.807) is 0 Å². The fourth-order valence-electron chi connectivity index (χ4n) is 4.65. The van der Waals surface area contributed by atoms with E-state index in [4.69, 9.17) is 5.11 Å². The van der Waals surface area contributed by atoms with Gasteiger partial charge >= 0.3 is 5.97 Å². The predicted octanol–water partition coefficient (Wildman–Crippen LogP) is 9.55. The van der Waals surface area contributed by atoms with Crippen LogP contribution in [0.4, 0.5) is 0 Å². The van der Waals surface area contributed by atoms with Gasteiger partial charge in [0.05, 0.1) is 0 Å². The van der Waals surface area contributed by atoms with Crippen molar-refractivity contribution in [1.82, 2.24) is 4.90 Å². The highest BCUT2D eigenvalue weighted by Crippen LogP contribution is 2.17. The van der Waals surface area contributed by atoms with Gasteiger partial charge in [0, 0.05) is 12.5 Å². The van der Waals surface area contributed by atoms with Crippen molar-refractivity contribution < 1.29 is 9.90 Å². The molecule has 0 aliphatic carbocycles. The molecule has 1 unspecified atom stereocenters. The first-order valence-electron chi connectivity index (χ1n) is 14.6. The Morgan fingerprint density at radius 2 is 1.03 bits per heavy atom. The zero-order chi connectivity index (χ0) is 24.4. The van der Waals surface area contributed by atoms with Crippen molar-refractivity contribution in [3.05, 3.63) is 12.2 Å². The highest BCUT2D eigenvalue weighted by molar-refractivity contribution is 5.66. The monoisotopic (exact) mass is 465 g/mol. The standard InChI is InChI=1S/C30H59NO2/c1-4-5-6-20-23-26-29(31(2)3)27-24-21-18-16-14-12-10-8-7-9-11-13-15-17-19-22-25-28-30(32)33/h9,11,29H,4-8,10,12-28H2,1-3H3,(H,32,33). The second-order valence-corrected chi connectivity index (χ2v) is 10.4. The lowest BCUT2D eigenvalue weighted by Gasteiger charge is -2.24. The summed E-state index contributed by atoms with van der Waals surface area (Å²) in [6.07, 6.45) is 34.0. The van der Waals surface area contributed by atoms with Gasteiger partial charge in [-0.2, -0.15) is 0 Å². The molecule has 0 amide bonds. The van der Waals surface area contributed by atoms with Crippen LogP contribution in [0.15, 0.2) is 12.2 Å². The number of hydrogen-bond donors (Lipinski definition) is 1. The third-order valence-corrected chi connectivity index (χ3v) is 6.96. The molecular formula is C30H59NO2. The van der Waals surface area contributed by atoms with Crippen LogP contribution < -0.4 is 0 Å². The van der Waals surface area contributed by atoms with Gasteiger partial charge in [-0.25, -0.2) is 0 Å². The van der Waals surface area contributed by atoms with E-state index in [1.807, 2.05) is 0 Å². The van der Waals surface area contributed by atoms with Gasteiger partial charge in [-0.1, -0.05) is 115 Å². The average molecular weight is 466 g/mol. The Bertz CT molecular complexity index is 433. The van der Waals surface area contributed by atoms with E-state index in [1.165, 1.54) is 128 Å². The van der Waals surface area contributed by atoms with Crippen LogP contribution in [-0.4, -0.2) is 36.1 Å². The van der Waals surface area contributed by atoms with E-state index >= 15 is 0 Å². The lowest BCUT2D eigenvalue weighted by Crippen LogP contribution is -2.27. The molecule has 0 saturated carbocycles. The second-order valence-electron chi connectivity index (χ2n) is 10.4. The van der Waals surface area contributed by atoms with Crippen molar-refractivity contribution in [2.75, 3.05) is 14.1 Å². The maximum atomic E-state index is 10.4. The molecule has 0 bridgehead atoms. The largest absolute Gasteiger partial charge is 0.481 e. The minimum atomic E-state index is -0.662. The summed E-state index contributed by atoms with van der Waals surface area (Å²) in [6.45, 7) is 2.29. The van der Waals surface area contributed by atoms with Crippen LogP contribution >= 0.6 is 0 Å². The third kappa shape index (κ3) is 25.6. The van der Waals surface area contributed by atoms with Crippen LogP contribution in [0.1, 0.15) is 155 Å². The van der Waals surface area contributed by atoms with E-state index in [-0.39, 0.29) is 0 Å². The van der Waals surface area contributed by atoms with Crippen molar-refractivity contribution in [3.63, 3.8) is 0 Å². The summed E-state index contributed by atoms with van der Waals surface area (Å²) < 4.78 is 0. The number of hydrogen-bond acceptors (Lipinski definition) is 2. The van der Waals surface area contributed by atoms with E-state index in [0.29, 0.717) is 6.42 Å². The minimum absolute atomic E-state index is 0.330. The van der Waals surface area contributed by atoms with Gasteiger partial charge in [0.1, 0.15) is 0 Å². The molecule has 0 aromatic carbocycles. The molecule has 0 aliphatic heterocycles. The summed E-state index contributed by atoms with van der Waals surface area (Å²) in [6, 6.07) is 0.795. The lowest BCUT2D eigenvalue weighted by molar-refractivity contribution is -0.137.